The molecule has 0 saturated heterocycles. The quantitative estimate of drug-likeness (QED) is 0.302. The molecular formula is C34H31NO4. The third-order valence-corrected chi connectivity index (χ3v) is 7.72. The summed E-state index contributed by atoms with van der Waals surface area (Å²) in [6.07, 6.45) is 4.77. The number of anilines is 2. The minimum Gasteiger partial charge on any atom is -0.512 e. The van der Waals surface area contributed by atoms with Gasteiger partial charge in [0.2, 0.25) is 5.88 Å². The normalized spacial score (nSPS) is 18.5. The minimum atomic E-state index is -0.713. The summed E-state index contributed by atoms with van der Waals surface area (Å²) in [5.74, 6) is -0.371. The van der Waals surface area contributed by atoms with E-state index in [0.717, 1.165) is 22.4 Å². The van der Waals surface area contributed by atoms with Crippen molar-refractivity contribution in [2.24, 2.45) is 5.41 Å². The Morgan fingerprint density at radius 1 is 1.00 bits per heavy atom. The third kappa shape index (κ3) is 4.38. The van der Waals surface area contributed by atoms with Crippen LogP contribution in [0.3, 0.4) is 0 Å². The number of hydrogen-bond acceptors (Lipinski definition) is 5. The van der Waals surface area contributed by atoms with Crippen LogP contribution in [0.15, 0.2) is 99.4 Å². The molecule has 1 atom stereocenters. The first-order chi connectivity index (χ1) is 18.7. The molecule has 0 radical (unpaired) electrons. The summed E-state index contributed by atoms with van der Waals surface area (Å²) in [6.45, 7) is 6.35. The lowest BCUT2D eigenvalue weighted by molar-refractivity contribution is -0.118. The van der Waals surface area contributed by atoms with Crippen LogP contribution in [0.1, 0.15) is 54.9 Å². The van der Waals surface area contributed by atoms with Crippen LogP contribution in [0.5, 0.6) is 0 Å². The molecule has 0 fully saturated rings. The molecule has 2 heterocycles. The highest BCUT2D eigenvalue weighted by atomic mass is 16.4. The van der Waals surface area contributed by atoms with Crippen LogP contribution in [0.4, 0.5) is 11.6 Å². The molecule has 0 bridgehead atoms. The van der Waals surface area contributed by atoms with Crippen molar-refractivity contribution in [2.75, 3.05) is 11.4 Å². The summed E-state index contributed by atoms with van der Waals surface area (Å²) < 4.78 is 6.50. The van der Waals surface area contributed by atoms with Gasteiger partial charge in [-0.3, -0.25) is 9.59 Å². The van der Waals surface area contributed by atoms with E-state index >= 15 is 0 Å². The van der Waals surface area contributed by atoms with Crippen LogP contribution in [-0.4, -0.2) is 17.4 Å². The van der Waals surface area contributed by atoms with Crippen molar-refractivity contribution in [3.8, 4) is 0 Å². The largest absolute Gasteiger partial charge is 0.512 e. The van der Waals surface area contributed by atoms with Crippen molar-refractivity contribution >= 4 is 34.4 Å². The second-order valence-corrected chi connectivity index (χ2v) is 11.4. The standard InChI is InChI=1S/C34H31NO4/c1-21-15-16-28-24(18-21)32(38)31-29(30-26(36)19-34(2,3)20-27(30)37)23-13-7-8-14-25(23)35(33(31)39-28)17-9-12-22-10-5-4-6-11-22/h4-16,18,29,36H,17,19-20H2,1-3H3/b12-9+. The van der Waals surface area contributed by atoms with Crippen molar-refractivity contribution in [2.45, 2.75) is 39.5 Å². The van der Waals surface area contributed by atoms with Gasteiger partial charge in [-0.2, -0.15) is 0 Å². The number of carbonyl (C=O) groups excluding carboxylic acids is 1. The number of nitrogens with zero attached hydrogens (tertiary/aromatic N) is 1. The molecule has 2 aliphatic rings. The van der Waals surface area contributed by atoms with Crippen LogP contribution in [-0.2, 0) is 4.79 Å². The zero-order valence-corrected chi connectivity index (χ0v) is 22.4. The van der Waals surface area contributed by atoms with Crippen LogP contribution in [0.25, 0.3) is 17.0 Å². The van der Waals surface area contributed by atoms with Gasteiger partial charge in [0.15, 0.2) is 11.2 Å². The number of ketones is 1. The molecular weight excluding hydrogens is 486 g/mol. The maximum Gasteiger partial charge on any atom is 0.208 e. The Morgan fingerprint density at radius 2 is 1.74 bits per heavy atom. The van der Waals surface area contributed by atoms with E-state index in [-0.39, 0.29) is 22.4 Å². The Kier molecular flexibility index (Phi) is 6.02. The first kappa shape index (κ1) is 24.9. The molecule has 196 valence electrons. The van der Waals surface area contributed by atoms with Crippen molar-refractivity contribution in [1.82, 2.24) is 0 Å². The van der Waals surface area contributed by atoms with Crippen LogP contribution < -0.4 is 10.3 Å². The molecule has 4 aromatic rings. The van der Waals surface area contributed by atoms with Crippen molar-refractivity contribution in [3.63, 3.8) is 0 Å². The summed E-state index contributed by atoms with van der Waals surface area (Å²) in [4.78, 5) is 29.8. The Balaban J connectivity index is 1.60. The average Bonchev–Trinajstić information content (AvgIpc) is 2.90. The number of rotatable bonds is 4. The predicted molar refractivity (Wildman–Crippen MR) is 156 cm³/mol. The van der Waals surface area contributed by atoms with Gasteiger partial charge in [0.25, 0.3) is 0 Å². The number of para-hydroxylation sites is 1. The Hall–Kier alpha value is -4.38. The monoisotopic (exact) mass is 517 g/mol. The lowest BCUT2D eigenvalue weighted by Gasteiger charge is -2.38. The van der Waals surface area contributed by atoms with E-state index < -0.39 is 5.92 Å². The third-order valence-electron chi connectivity index (χ3n) is 7.72. The van der Waals surface area contributed by atoms with Gasteiger partial charge in [-0.1, -0.05) is 86.2 Å². The zero-order chi connectivity index (χ0) is 27.3. The van der Waals surface area contributed by atoms with Gasteiger partial charge >= 0.3 is 0 Å². The molecule has 1 aliphatic carbocycles. The van der Waals surface area contributed by atoms with Gasteiger partial charge < -0.3 is 14.4 Å². The first-order valence-electron chi connectivity index (χ1n) is 13.3. The van der Waals surface area contributed by atoms with Crippen LogP contribution in [0.2, 0.25) is 0 Å². The number of Topliss-reactive ketones (excluding diaryl/α,β-unsaturated/α-hetero) is 1. The van der Waals surface area contributed by atoms with Gasteiger partial charge in [0.1, 0.15) is 11.3 Å². The van der Waals surface area contributed by atoms with E-state index in [0.29, 0.717) is 47.4 Å². The summed E-state index contributed by atoms with van der Waals surface area (Å²) in [5, 5.41) is 11.7. The van der Waals surface area contributed by atoms with E-state index in [2.05, 4.69) is 0 Å². The molecule has 0 spiro atoms. The Bertz CT molecular complexity index is 1730. The van der Waals surface area contributed by atoms with Crippen molar-refractivity contribution < 1.29 is 14.3 Å². The Labute approximate surface area is 227 Å². The van der Waals surface area contributed by atoms with E-state index in [1.165, 1.54) is 0 Å². The summed E-state index contributed by atoms with van der Waals surface area (Å²) in [5.41, 5.74) is 4.35. The number of aliphatic hydroxyl groups is 1. The fourth-order valence-corrected chi connectivity index (χ4v) is 5.98. The van der Waals surface area contributed by atoms with Crippen molar-refractivity contribution in [3.05, 3.63) is 123 Å². The lowest BCUT2D eigenvalue weighted by Crippen LogP contribution is -2.35. The fourth-order valence-electron chi connectivity index (χ4n) is 5.98. The van der Waals surface area contributed by atoms with Gasteiger partial charge in [-0.05, 0) is 41.7 Å². The topological polar surface area (TPSA) is 70.7 Å². The molecule has 5 nitrogen and oxygen atoms in total. The highest BCUT2D eigenvalue weighted by Crippen LogP contribution is 2.51. The van der Waals surface area contributed by atoms with Crippen LogP contribution >= 0.6 is 0 Å². The molecule has 3 aromatic carbocycles. The average molecular weight is 518 g/mol. The lowest BCUT2D eigenvalue weighted by atomic mass is 9.70. The molecule has 5 heteroatoms. The highest BCUT2D eigenvalue weighted by molar-refractivity contribution is 6.01. The number of benzene rings is 3. The molecule has 1 N–H and O–H groups in total. The number of hydrogen-bond donors (Lipinski definition) is 1. The van der Waals surface area contributed by atoms with E-state index in [1.807, 2.05) is 111 Å². The van der Waals surface area contributed by atoms with E-state index in [9.17, 15) is 14.7 Å². The highest BCUT2D eigenvalue weighted by Gasteiger charge is 2.43. The summed E-state index contributed by atoms with van der Waals surface area (Å²) in [7, 11) is 0. The fraction of sp³-hybridized carbons (Fsp3) is 0.235. The smallest absolute Gasteiger partial charge is 0.208 e. The SMILES string of the molecule is Cc1ccc2oc3c(c(=O)c2c1)C(C1=C(O)CC(C)(C)CC1=O)c1ccccc1N3C/C=C/c1ccccc1. The van der Waals surface area contributed by atoms with E-state index in [1.54, 1.807) is 0 Å². The number of aliphatic hydroxyl groups excluding tert-OH is 1. The minimum absolute atomic E-state index is 0.0585. The number of carbonyl (C=O) groups is 1. The maximum absolute atomic E-state index is 14.2. The maximum atomic E-state index is 14.2. The van der Waals surface area contributed by atoms with Gasteiger partial charge in [-0.15, -0.1) is 0 Å². The molecule has 1 unspecified atom stereocenters. The van der Waals surface area contributed by atoms with Gasteiger partial charge in [-0.25, -0.2) is 0 Å². The molecule has 39 heavy (non-hydrogen) atoms. The number of fused-ring (bicyclic) bond motifs is 3. The van der Waals surface area contributed by atoms with E-state index in [4.69, 9.17) is 4.42 Å². The van der Waals surface area contributed by atoms with Gasteiger partial charge in [0.05, 0.1) is 16.9 Å². The van der Waals surface area contributed by atoms with Crippen LogP contribution in [0, 0.1) is 12.3 Å². The summed E-state index contributed by atoms with van der Waals surface area (Å²) >= 11 is 0. The molecule has 0 saturated carbocycles. The number of aryl methyl sites for hydroxylation is 1. The molecule has 1 aromatic heterocycles. The first-order valence-corrected chi connectivity index (χ1v) is 13.3. The van der Waals surface area contributed by atoms with Crippen molar-refractivity contribution in [1.29, 1.82) is 0 Å². The van der Waals surface area contributed by atoms with Gasteiger partial charge in [0, 0.05) is 30.6 Å². The Morgan fingerprint density at radius 3 is 2.51 bits per heavy atom. The summed E-state index contributed by atoms with van der Waals surface area (Å²) in [6, 6.07) is 23.4. The molecule has 1 aliphatic heterocycles. The molecule has 0 amide bonds. The second kappa shape index (κ2) is 9.42. The molecule has 6 rings (SSSR count). The predicted octanol–water partition coefficient (Wildman–Crippen LogP) is 7.60. The zero-order valence-electron chi connectivity index (χ0n) is 22.4. The number of allylic oxidation sites excluding steroid dienone is 2. The second-order valence-electron chi connectivity index (χ2n) is 11.4.